The third-order valence-electron chi connectivity index (χ3n) is 7.84. The predicted octanol–water partition coefficient (Wildman–Crippen LogP) is 6.24. The van der Waals surface area contributed by atoms with Crippen LogP contribution in [0.15, 0.2) is 34.7 Å². The highest BCUT2D eigenvalue weighted by atomic mass is 16.5. The lowest BCUT2D eigenvalue weighted by Crippen LogP contribution is -2.51. The van der Waals surface area contributed by atoms with Gasteiger partial charge in [-0.15, -0.1) is 0 Å². The van der Waals surface area contributed by atoms with E-state index < -0.39 is 0 Å². The molecule has 0 unspecified atom stereocenters. The molecular formula is C27H35NO3. The summed E-state index contributed by atoms with van der Waals surface area (Å²) in [5.41, 5.74) is 2.69. The summed E-state index contributed by atoms with van der Waals surface area (Å²) < 4.78 is 11.9. The molecular weight excluding hydrogens is 386 g/mol. The number of carbonyl (C=O) groups is 1. The number of carbonyl (C=O) groups excluding carboxylic acids is 1. The zero-order valence-electron chi connectivity index (χ0n) is 19.1. The van der Waals surface area contributed by atoms with Gasteiger partial charge in [0.05, 0.1) is 0 Å². The quantitative estimate of drug-likeness (QED) is 0.576. The molecule has 4 bridgehead atoms. The second-order valence-corrected chi connectivity index (χ2v) is 10.9. The van der Waals surface area contributed by atoms with Crippen molar-refractivity contribution in [3.05, 3.63) is 53.0 Å². The second-order valence-electron chi connectivity index (χ2n) is 10.9. The Morgan fingerprint density at radius 1 is 1.10 bits per heavy atom. The largest absolute Gasteiger partial charge is 0.485 e. The first-order valence-corrected chi connectivity index (χ1v) is 12.0. The van der Waals surface area contributed by atoms with Crippen LogP contribution >= 0.6 is 0 Å². The van der Waals surface area contributed by atoms with Crippen LogP contribution in [0.3, 0.4) is 0 Å². The molecule has 166 valence electrons. The Kier molecular flexibility index (Phi) is 5.35. The standard InChI is InChI=1S/C27H35NO3/c1-17(2)23-6-4-18(3)8-25(23)30-15-22-5-7-24(31-22)26(29)28-16-27-12-19-9-20(13-27)11-21(10-19)14-27/h4-8,17,19-21H,9-16H2,1-3H3,(H,28,29). The van der Waals surface area contributed by atoms with Gasteiger partial charge in [-0.25, -0.2) is 0 Å². The fourth-order valence-electron chi connectivity index (χ4n) is 6.83. The van der Waals surface area contributed by atoms with Crippen molar-refractivity contribution in [2.75, 3.05) is 6.54 Å². The smallest absolute Gasteiger partial charge is 0.287 e. The molecule has 4 nitrogen and oxygen atoms in total. The topological polar surface area (TPSA) is 51.5 Å². The number of hydrogen-bond acceptors (Lipinski definition) is 3. The van der Waals surface area contributed by atoms with Crippen molar-refractivity contribution >= 4 is 5.91 Å². The van der Waals surface area contributed by atoms with E-state index in [0.717, 1.165) is 30.0 Å². The van der Waals surface area contributed by atoms with Gasteiger partial charge in [0, 0.05) is 6.54 Å². The summed E-state index contributed by atoms with van der Waals surface area (Å²) in [4.78, 5) is 12.8. The summed E-state index contributed by atoms with van der Waals surface area (Å²) in [5.74, 6) is 4.93. The Morgan fingerprint density at radius 2 is 1.77 bits per heavy atom. The highest BCUT2D eigenvalue weighted by Crippen LogP contribution is 2.59. The molecule has 0 aliphatic heterocycles. The summed E-state index contributed by atoms with van der Waals surface area (Å²) in [7, 11) is 0. The second kappa shape index (κ2) is 8.03. The fourth-order valence-corrected chi connectivity index (χ4v) is 6.83. The minimum Gasteiger partial charge on any atom is -0.485 e. The van der Waals surface area contributed by atoms with Crippen molar-refractivity contribution in [3.63, 3.8) is 0 Å². The lowest BCUT2D eigenvalue weighted by molar-refractivity contribution is -0.0504. The van der Waals surface area contributed by atoms with Crippen molar-refractivity contribution in [2.24, 2.45) is 23.2 Å². The van der Waals surface area contributed by atoms with Crippen molar-refractivity contribution in [3.8, 4) is 5.75 Å². The van der Waals surface area contributed by atoms with Crippen LogP contribution in [0, 0.1) is 30.1 Å². The Hall–Kier alpha value is -2.23. The van der Waals surface area contributed by atoms with Gasteiger partial charge in [0.25, 0.3) is 5.91 Å². The number of furan rings is 1. The zero-order chi connectivity index (χ0) is 21.6. The normalized spacial score (nSPS) is 28.8. The van der Waals surface area contributed by atoms with E-state index in [1.807, 2.05) is 6.07 Å². The molecule has 4 heteroatoms. The first-order chi connectivity index (χ1) is 14.9. The van der Waals surface area contributed by atoms with Crippen LogP contribution in [0.1, 0.15) is 85.7 Å². The number of benzene rings is 1. The van der Waals surface area contributed by atoms with Crippen molar-refractivity contribution in [2.45, 2.75) is 71.8 Å². The zero-order valence-corrected chi connectivity index (χ0v) is 19.1. The third-order valence-corrected chi connectivity index (χ3v) is 7.84. The molecule has 1 aromatic heterocycles. The van der Waals surface area contributed by atoms with E-state index in [2.05, 4.69) is 44.3 Å². The van der Waals surface area contributed by atoms with Crippen molar-refractivity contribution < 1.29 is 13.9 Å². The van der Waals surface area contributed by atoms with Crippen molar-refractivity contribution in [1.29, 1.82) is 0 Å². The molecule has 4 fully saturated rings. The molecule has 6 rings (SSSR count). The van der Waals surface area contributed by atoms with E-state index in [4.69, 9.17) is 9.15 Å². The van der Waals surface area contributed by atoms with Crippen LogP contribution in [0.2, 0.25) is 0 Å². The Labute approximate surface area is 185 Å². The van der Waals surface area contributed by atoms with Gasteiger partial charge in [-0.2, -0.15) is 0 Å². The minimum atomic E-state index is -0.0968. The predicted molar refractivity (Wildman–Crippen MR) is 121 cm³/mol. The van der Waals surface area contributed by atoms with Crippen LogP contribution in [0.25, 0.3) is 0 Å². The van der Waals surface area contributed by atoms with Gasteiger partial charge in [-0.3, -0.25) is 4.79 Å². The number of nitrogens with one attached hydrogen (secondary N) is 1. The Morgan fingerprint density at radius 3 is 2.42 bits per heavy atom. The molecule has 0 saturated heterocycles. The highest BCUT2D eigenvalue weighted by Gasteiger charge is 2.50. The summed E-state index contributed by atoms with van der Waals surface area (Å²) in [6, 6.07) is 9.93. The van der Waals surface area contributed by atoms with E-state index in [-0.39, 0.29) is 5.91 Å². The average molecular weight is 422 g/mol. The maximum Gasteiger partial charge on any atom is 0.287 e. The molecule has 0 spiro atoms. The Bertz CT molecular complexity index is 922. The first kappa shape index (κ1) is 20.7. The molecule has 4 aliphatic rings. The highest BCUT2D eigenvalue weighted by molar-refractivity contribution is 5.91. The van der Waals surface area contributed by atoms with Crippen LogP contribution < -0.4 is 10.1 Å². The SMILES string of the molecule is Cc1ccc(C(C)C)c(OCc2ccc(C(=O)NCC34CC5CC(CC(C5)C3)C4)o2)c1. The monoisotopic (exact) mass is 421 g/mol. The fraction of sp³-hybridized carbons (Fsp3) is 0.593. The molecule has 1 N–H and O–H groups in total. The summed E-state index contributed by atoms with van der Waals surface area (Å²) in [6.45, 7) is 7.51. The summed E-state index contributed by atoms with van der Waals surface area (Å²) in [6.07, 6.45) is 8.16. The van der Waals surface area contributed by atoms with Crippen LogP contribution in [0.5, 0.6) is 5.75 Å². The van der Waals surface area contributed by atoms with E-state index in [0.29, 0.717) is 29.5 Å². The third kappa shape index (κ3) is 4.26. The number of aryl methyl sites for hydroxylation is 1. The van der Waals surface area contributed by atoms with Gasteiger partial charge in [-0.1, -0.05) is 26.0 Å². The summed E-state index contributed by atoms with van der Waals surface area (Å²) in [5, 5.41) is 3.20. The maximum absolute atomic E-state index is 12.8. The molecule has 31 heavy (non-hydrogen) atoms. The van der Waals surface area contributed by atoms with E-state index in [1.165, 1.54) is 49.7 Å². The number of rotatable bonds is 7. The van der Waals surface area contributed by atoms with Crippen LogP contribution in [0.4, 0.5) is 0 Å². The molecule has 1 heterocycles. The van der Waals surface area contributed by atoms with Gasteiger partial charge in [0.2, 0.25) is 0 Å². The summed E-state index contributed by atoms with van der Waals surface area (Å²) >= 11 is 0. The molecule has 4 saturated carbocycles. The van der Waals surface area contributed by atoms with Gasteiger partial charge in [0.15, 0.2) is 5.76 Å². The van der Waals surface area contributed by atoms with Gasteiger partial charge in [-0.05, 0) is 104 Å². The number of amides is 1. The molecule has 0 radical (unpaired) electrons. The number of ether oxygens (including phenoxy) is 1. The van der Waals surface area contributed by atoms with Crippen LogP contribution in [-0.2, 0) is 6.61 Å². The van der Waals surface area contributed by atoms with Gasteiger partial charge in [0.1, 0.15) is 18.1 Å². The average Bonchev–Trinajstić information content (AvgIpc) is 3.18. The molecule has 0 atom stereocenters. The van der Waals surface area contributed by atoms with E-state index in [9.17, 15) is 4.79 Å². The Balaban J connectivity index is 1.18. The molecule has 2 aromatic rings. The first-order valence-electron chi connectivity index (χ1n) is 12.0. The van der Waals surface area contributed by atoms with Gasteiger partial charge >= 0.3 is 0 Å². The van der Waals surface area contributed by atoms with Crippen molar-refractivity contribution in [1.82, 2.24) is 5.32 Å². The maximum atomic E-state index is 12.8. The molecule has 1 amide bonds. The minimum absolute atomic E-state index is 0.0968. The molecule has 4 aliphatic carbocycles. The van der Waals surface area contributed by atoms with Gasteiger partial charge < -0.3 is 14.5 Å². The molecule has 1 aromatic carbocycles. The lowest BCUT2D eigenvalue weighted by Gasteiger charge is -2.56. The van der Waals surface area contributed by atoms with E-state index >= 15 is 0 Å². The van der Waals surface area contributed by atoms with Crippen LogP contribution in [-0.4, -0.2) is 12.5 Å². The van der Waals surface area contributed by atoms with E-state index in [1.54, 1.807) is 6.07 Å². The lowest BCUT2D eigenvalue weighted by atomic mass is 9.49. The number of hydrogen-bond donors (Lipinski definition) is 1.